The Morgan fingerprint density at radius 3 is 2.55 bits per heavy atom. The molecule has 0 aliphatic carbocycles. The minimum Gasteiger partial charge on any atom is -0.491 e. The lowest BCUT2D eigenvalue weighted by Gasteiger charge is -2.26. The molecule has 1 fully saturated rings. The average Bonchev–Trinajstić information content (AvgIpc) is 3.50. The van der Waals surface area contributed by atoms with E-state index in [1.54, 1.807) is 16.5 Å². The highest BCUT2D eigenvalue weighted by Gasteiger charge is 2.45. The molecule has 12 heteroatoms. The van der Waals surface area contributed by atoms with Crippen molar-refractivity contribution in [3.05, 3.63) is 54.9 Å². The van der Waals surface area contributed by atoms with E-state index in [0.717, 1.165) is 30.4 Å². The number of nitrogens with two attached hydrogens (primary N) is 2. The second-order valence-electron chi connectivity index (χ2n) is 9.75. The number of unbranched alkanes of at least 4 members (excludes halogenated alkanes) is 2. The minimum absolute atomic E-state index is 0.154. The maximum absolute atomic E-state index is 10.9. The summed E-state index contributed by atoms with van der Waals surface area (Å²) in [6.07, 6.45) is -0.690. The van der Waals surface area contributed by atoms with Gasteiger partial charge in [0.1, 0.15) is 30.4 Å². The van der Waals surface area contributed by atoms with E-state index in [1.165, 1.54) is 6.33 Å². The molecule has 40 heavy (non-hydrogen) atoms. The molecule has 0 spiro atoms. The van der Waals surface area contributed by atoms with Crippen molar-refractivity contribution in [3.63, 3.8) is 0 Å². The van der Waals surface area contributed by atoms with Gasteiger partial charge in [0, 0.05) is 7.05 Å². The van der Waals surface area contributed by atoms with Crippen LogP contribution < -0.4 is 21.1 Å². The highest BCUT2D eigenvalue weighted by Crippen LogP contribution is 2.41. The maximum Gasteiger partial charge on any atom is 0.214 e. The summed E-state index contributed by atoms with van der Waals surface area (Å²) in [5.41, 5.74) is 15.1. The van der Waals surface area contributed by atoms with Crippen molar-refractivity contribution in [2.45, 2.75) is 43.8 Å². The van der Waals surface area contributed by atoms with Gasteiger partial charge in [-0.2, -0.15) is 0 Å². The number of aromatic nitrogens is 4. The van der Waals surface area contributed by atoms with Crippen molar-refractivity contribution < 1.29 is 24.8 Å². The summed E-state index contributed by atoms with van der Waals surface area (Å²) in [7, 11) is 1.81. The lowest BCUT2D eigenvalue weighted by molar-refractivity contribution is -0.0503. The molecule has 0 radical (unpaired) electrons. The smallest absolute Gasteiger partial charge is 0.214 e. The van der Waals surface area contributed by atoms with E-state index >= 15 is 0 Å². The van der Waals surface area contributed by atoms with Crippen LogP contribution in [0.5, 0.6) is 5.75 Å². The van der Waals surface area contributed by atoms with Gasteiger partial charge in [-0.1, -0.05) is 36.4 Å². The molecule has 2 aromatic heterocycles. The van der Waals surface area contributed by atoms with Crippen LogP contribution in [0.3, 0.4) is 0 Å². The zero-order chi connectivity index (χ0) is 28.2. The number of hydrogen-bond acceptors (Lipinski definition) is 11. The topological polar surface area (TPSA) is 178 Å². The summed E-state index contributed by atoms with van der Waals surface area (Å²) in [4.78, 5) is 14.9. The molecule has 1 saturated heterocycles. The van der Waals surface area contributed by atoms with Gasteiger partial charge < -0.3 is 41.2 Å². The molecule has 0 saturated carbocycles. The van der Waals surface area contributed by atoms with Gasteiger partial charge in [0.05, 0.1) is 18.9 Å². The molecule has 1 aliphatic rings. The van der Waals surface area contributed by atoms with Crippen molar-refractivity contribution in [3.8, 4) is 16.9 Å². The molecule has 3 heterocycles. The third kappa shape index (κ3) is 5.31. The second kappa shape index (κ2) is 12.1. The van der Waals surface area contributed by atoms with Crippen LogP contribution in [-0.2, 0) is 4.74 Å². The first-order valence-electron chi connectivity index (χ1n) is 13.3. The Bertz CT molecular complexity index is 1430. The number of aliphatic hydroxyl groups is 3. The van der Waals surface area contributed by atoms with Gasteiger partial charge in [-0.25, -0.2) is 15.0 Å². The summed E-state index contributed by atoms with van der Waals surface area (Å²) >= 11 is 0. The third-order valence-corrected chi connectivity index (χ3v) is 7.09. The molecule has 4 atom stereocenters. The number of ether oxygens (including phenoxy) is 2. The highest BCUT2D eigenvalue weighted by molar-refractivity contribution is 5.85. The SMILES string of the molecule is CN(c1ccc(-c2ccccc2)cc1OCCCCCN)c1nc2c(N)ncnc2n1[C@@H]1O[C@H](CO)[C@@H](O)[C@H]1O. The molecule has 212 valence electrons. The monoisotopic (exact) mass is 549 g/mol. The van der Waals surface area contributed by atoms with E-state index in [2.05, 4.69) is 9.97 Å². The molecule has 2 aromatic carbocycles. The number of hydrogen-bond donors (Lipinski definition) is 5. The zero-order valence-electron chi connectivity index (χ0n) is 22.3. The molecule has 12 nitrogen and oxygen atoms in total. The fraction of sp³-hybridized carbons (Fsp3) is 0.393. The van der Waals surface area contributed by atoms with Crippen molar-refractivity contribution in [2.75, 3.05) is 37.4 Å². The predicted molar refractivity (Wildman–Crippen MR) is 151 cm³/mol. The number of nitrogen functional groups attached to an aromatic ring is 1. The number of fused-ring (bicyclic) bond motifs is 1. The van der Waals surface area contributed by atoms with Gasteiger partial charge in [-0.3, -0.25) is 4.57 Å². The fourth-order valence-corrected chi connectivity index (χ4v) is 4.91. The van der Waals surface area contributed by atoms with Gasteiger partial charge >= 0.3 is 0 Å². The summed E-state index contributed by atoms with van der Waals surface area (Å²) in [5, 5.41) is 31.0. The van der Waals surface area contributed by atoms with Crippen LogP contribution in [0.25, 0.3) is 22.3 Å². The fourth-order valence-electron chi connectivity index (χ4n) is 4.91. The maximum atomic E-state index is 10.9. The van der Waals surface area contributed by atoms with Crippen LogP contribution in [0.15, 0.2) is 54.9 Å². The summed E-state index contributed by atoms with van der Waals surface area (Å²) < 4.78 is 13.7. The van der Waals surface area contributed by atoms with E-state index in [1.807, 2.05) is 48.5 Å². The molecule has 4 aromatic rings. The molecular weight excluding hydrogens is 514 g/mol. The standard InChI is InChI=1S/C28H35N7O5/c1-34(19-11-10-18(17-8-4-2-5-9-17)14-20(19)39-13-7-3-6-12-29)28-33-22-25(30)31-16-32-26(22)35(28)27-24(38)23(37)21(15-36)40-27/h2,4-5,8-11,14,16,21,23-24,27,36-38H,3,6-7,12-13,15,29H2,1H3,(H2,30,31,32)/t21-,23-,24-,27-/m1/s1. The van der Waals surface area contributed by atoms with Crippen LogP contribution >= 0.6 is 0 Å². The number of anilines is 3. The molecule has 1 aliphatic heterocycles. The van der Waals surface area contributed by atoms with Crippen molar-refractivity contribution in [1.82, 2.24) is 19.5 Å². The van der Waals surface area contributed by atoms with E-state index < -0.39 is 31.1 Å². The first-order chi connectivity index (χ1) is 19.4. The van der Waals surface area contributed by atoms with E-state index in [0.29, 0.717) is 41.7 Å². The van der Waals surface area contributed by atoms with Gasteiger partial charge in [-0.05, 0) is 49.1 Å². The molecular formula is C28H35N7O5. The van der Waals surface area contributed by atoms with E-state index in [-0.39, 0.29) is 5.82 Å². The largest absolute Gasteiger partial charge is 0.491 e. The van der Waals surface area contributed by atoms with Gasteiger partial charge in [-0.15, -0.1) is 0 Å². The third-order valence-electron chi connectivity index (χ3n) is 7.09. The van der Waals surface area contributed by atoms with Crippen molar-refractivity contribution in [2.24, 2.45) is 5.73 Å². The number of rotatable bonds is 11. The Balaban J connectivity index is 1.58. The Morgan fingerprint density at radius 2 is 1.82 bits per heavy atom. The Morgan fingerprint density at radius 1 is 1.02 bits per heavy atom. The first kappa shape index (κ1) is 27.7. The molecule has 0 bridgehead atoms. The Kier molecular flexibility index (Phi) is 8.43. The quantitative estimate of drug-likeness (QED) is 0.173. The molecule has 0 unspecified atom stereocenters. The van der Waals surface area contributed by atoms with Gasteiger partial charge in [0.2, 0.25) is 5.95 Å². The molecule has 0 amide bonds. The number of imidazole rings is 1. The summed E-state index contributed by atoms with van der Waals surface area (Å²) in [6.45, 7) is 0.677. The predicted octanol–water partition coefficient (Wildman–Crippen LogP) is 1.96. The molecule has 7 N–H and O–H groups in total. The van der Waals surface area contributed by atoms with Crippen LogP contribution in [0.2, 0.25) is 0 Å². The Labute approximate surface area is 231 Å². The lowest BCUT2D eigenvalue weighted by atomic mass is 10.0. The highest BCUT2D eigenvalue weighted by atomic mass is 16.6. The Hall–Kier alpha value is -3.81. The first-order valence-corrected chi connectivity index (χ1v) is 13.3. The lowest BCUT2D eigenvalue weighted by Crippen LogP contribution is -2.33. The average molecular weight is 550 g/mol. The number of benzene rings is 2. The van der Waals surface area contributed by atoms with E-state index in [9.17, 15) is 15.3 Å². The van der Waals surface area contributed by atoms with Gasteiger partial charge in [0.25, 0.3) is 0 Å². The van der Waals surface area contributed by atoms with Crippen LogP contribution in [0.1, 0.15) is 25.5 Å². The second-order valence-corrected chi connectivity index (χ2v) is 9.75. The number of nitrogens with zero attached hydrogens (tertiary/aromatic N) is 5. The molecule has 5 rings (SSSR count). The van der Waals surface area contributed by atoms with Crippen LogP contribution in [0.4, 0.5) is 17.5 Å². The van der Waals surface area contributed by atoms with Crippen LogP contribution in [0, 0.1) is 0 Å². The zero-order valence-corrected chi connectivity index (χ0v) is 22.3. The van der Waals surface area contributed by atoms with Crippen molar-refractivity contribution >= 4 is 28.6 Å². The van der Waals surface area contributed by atoms with Crippen LogP contribution in [-0.4, -0.2) is 80.0 Å². The normalized spacial score (nSPS) is 20.7. The van der Waals surface area contributed by atoms with E-state index in [4.69, 9.17) is 25.9 Å². The summed E-state index contributed by atoms with van der Waals surface area (Å²) in [5.74, 6) is 1.12. The van der Waals surface area contributed by atoms with Crippen molar-refractivity contribution in [1.29, 1.82) is 0 Å². The van der Waals surface area contributed by atoms with Gasteiger partial charge in [0.15, 0.2) is 23.2 Å². The summed E-state index contributed by atoms with van der Waals surface area (Å²) in [6, 6.07) is 15.9. The number of aliphatic hydroxyl groups excluding tert-OH is 3. The minimum atomic E-state index is -1.35.